The minimum Gasteiger partial charge on any atom is -0.372 e. The Balaban J connectivity index is 1.82. The van der Waals surface area contributed by atoms with E-state index in [0.29, 0.717) is 6.04 Å². The van der Waals surface area contributed by atoms with Crippen LogP contribution in [-0.2, 0) is 6.54 Å². The molecule has 1 N–H and O–H groups in total. The van der Waals surface area contributed by atoms with Crippen LogP contribution in [0, 0.1) is 5.92 Å². The molecule has 20 heavy (non-hydrogen) atoms. The molecule has 0 bridgehead atoms. The van der Waals surface area contributed by atoms with Gasteiger partial charge in [0.2, 0.25) is 0 Å². The molecule has 2 heteroatoms. The second-order valence-corrected chi connectivity index (χ2v) is 6.63. The molecule has 0 amide bonds. The zero-order valence-corrected chi connectivity index (χ0v) is 13.4. The van der Waals surface area contributed by atoms with Crippen LogP contribution in [0.2, 0.25) is 0 Å². The van der Waals surface area contributed by atoms with Crippen molar-refractivity contribution in [3.05, 3.63) is 29.8 Å². The highest BCUT2D eigenvalue weighted by Crippen LogP contribution is 2.20. The summed E-state index contributed by atoms with van der Waals surface area (Å²) in [4.78, 5) is 2.52. The van der Waals surface area contributed by atoms with Gasteiger partial charge in [-0.1, -0.05) is 26.0 Å². The largest absolute Gasteiger partial charge is 0.372 e. The van der Waals surface area contributed by atoms with E-state index in [1.54, 1.807) is 0 Å². The third-order valence-electron chi connectivity index (χ3n) is 4.14. The van der Waals surface area contributed by atoms with Crippen LogP contribution in [0.5, 0.6) is 0 Å². The van der Waals surface area contributed by atoms with Gasteiger partial charge in [0, 0.05) is 31.4 Å². The van der Waals surface area contributed by atoms with Crippen LogP contribution in [0.15, 0.2) is 24.3 Å². The molecule has 0 spiro atoms. The Morgan fingerprint density at radius 1 is 1.00 bits per heavy atom. The summed E-state index contributed by atoms with van der Waals surface area (Å²) in [5.41, 5.74) is 2.78. The third kappa shape index (κ3) is 4.82. The fourth-order valence-electron chi connectivity index (χ4n) is 3.06. The minimum absolute atomic E-state index is 0.594. The number of nitrogens with one attached hydrogen (secondary N) is 1. The lowest BCUT2D eigenvalue weighted by Crippen LogP contribution is -2.29. The van der Waals surface area contributed by atoms with Crippen LogP contribution in [0.4, 0.5) is 5.69 Å². The lowest BCUT2D eigenvalue weighted by atomic mass is 10.0. The third-order valence-corrected chi connectivity index (χ3v) is 4.14. The van der Waals surface area contributed by atoms with Gasteiger partial charge < -0.3 is 10.2 Å². The topological polar surface area (TPSA) is 15.3 Å². The molecule has 0 saturated carbocycles. The Labute approximate surface area is 124 Å². The standard InChI is InChI=1S/C18H30N2/c1-15(2)13-16(3)19-14-17-7-9-18(10-8-17)20-11-5-4-6-12-20/h7-10,15-16,19H,4-6,11-14H2,1-3H3. The second-order valence-electron chi connectivity index (χ2n) is 6.63. The quantitative estimate of drug-likeness (QED) is 0.836. The Morgan fingerprint density at radius 2 is 1.65 bits per heavy atom. The molecule has 1 aromatic rings. The Kier molecular flexibility index (Phi) is 5.90. The van der Waals surface area contributed by atoms with Gasteiger partial charge in [-0.2, -0.15) is 0 Å². The van der Waals surface area contributed by atoms with E-state index >= 15 is 0 Å². The summed E-state index contributed by atoms with van der Waals surface area (Å²) in [6.07, 6.45) is 5.32. The zero-order chi connectivity index (χ0) is 14.4. The maximum atomic E-state index is 3.62. The van der Waals surface area contributed by atoms with E-state index in [0.717, 1.165) is 12.5 Å². The SMILES string of the molecule is CC(C)CC(C)NCc1ccc(N2CCCCC2)cc1. The van der Waals surface area contributed by atoms with Gasteiger partial charge in [0.05, 0.1) is 0 Å². The van der Waals surface area contributed by atoms with E-state index in [9.17, 15) is 0 Å². The van der Waals surface area contributed by atoms with Crippen molar-refractivity contribution in [2.24, 2.45) is 5.92 Å². The molecular formula is C18H30N2. The van der Waals surface area contributed by atoms with Gasteiger partial charge in [-0.3, -0.25) is 0 Å². The fourth-order valence-corrected chi connectivity index (χ4v) is 3.06. The van der Waals surface area contributed by atoms with E-state index in [2.05, 4.69) is 55.3 Å². The molecule has 1 heterocycles. The van der Waals surface area contributed by atoms with Gasteiger partial charge in [-0.25, -0.2) is 0 Å². The molecule has 1 aliphatic heterocycles. The van der Waals surface area contributed by atoms with Gasteiger partial charge >= 0.3 is 0 Å². The second kappa shape index (κ2) is 7.68. The molecule has 2 rings (SSSR count). The van der Waals surface area contributed by atoms with E-state index in [1.807, 2.05) is 0 Å². The van der Waals surface area contributed by atoms with Crippen molar-refractivity contribution in [1.29, 1.82) is 0 Å². The van der Waals surface area contributed by atoms with Crippen molar-refractivity contribution in [1.82, 2.24) is 5.32 Å². The first-order valence-electron chi connectivity index (χ1n) is 8.22. The molecule has 1 atom stereocenters. The Hall–Kier alpha value is -1.02. The van der Waals surface area contributed by atoms with Gasteiger partial charge in [-0.15, -0.1) is 0 Å². The van der Waals surface area contributed by atoms with Crippen molar-refractivity contribution in [3.63, 3.8) is 0 Å². The van der Waals surface area contributed by atoms with E-state index in [1.165, 1.54) is 50.0 Å². The van der Waals surface area contributed by atoms with Gasteiger partial charge in [0.25, 0.3) is 0 Å². The van der Waals surface area contributed by atoms with Crippen LogP contribution in [0.3, 0.4) is 0 Å². The predicted octanol–water partition coefficient (Wildman–Crippen LogP) is 4.20. The molecule has 1 aromatic carbocycles. The summed E-state index contributed by atoms with van der Waals surface area (Å²) in [5, 5.41) is 3.62. The average Bonchev–Trinajstić information content (AvgIpc) is 2.46. The first kappa shape index (κ1) is 15.4. The summed E-state index contributed by atoms with van der Waals surface area (Å²) in [6, 6.07) is 9.72. The molecule has 2 nitrogen and oxygen atoms in total. The molecule has 1 fully saturated rings. The highest BCUT2D eigenvalue weighted by molar-refractivity contribution is 5.47. The van der Waals surface area contributed by atoms with Crippen LogP contribution in [0.1, 0.15) is 52.0 Å². The number of rotatable bonds is 6. The number of benzene rings is 1. The minimum atomic E-state index is 0.594. The number of hydrogen-bond donors (Lipinski definition) is 1. The molecule has 0 aliphatic carbocycles. The number of piperidine rings is 1. The van der Waals surface area contributed by atoms with Crippen molar-refractivity contribution in [2.75, 3.05) is 18.0 Å². The predicted molar refractivity (Wildman–Crippen MR) is 88.3 cm³/mol. The lowest BCUT2D eigenvalue weighted by Gasteiger charge is -2.29. The van der Waals surface area contributed by atoms with Crippen molar-refractivity contribution < 1.29 is 0 Å². The van der Waals surface area contributed by atoms with E-state index in [-0.39, 0.29) is 0 Å². The molecule has 1 saturated heterocycles. The number of anilines is 1. The molecular weight excluding hydrogens is 244 g/mol. The molecule has 0 radical (unpaired) electrons. The fraction of sp³-hybridized carbons (Fsp3) is 0.667. The van der Waals surface area contributed by atoms with Crippen molar-refractivity contribution >= 4 is 5.69 Å². The monoisotopic (exact) mass is 274 g/mol. The summed E-state index contributed by atoms with van der Waals surface area (Å²) >= 11 is 0. The molecule has 1 aliphatic rings. The highest BCUT2D eigenvalue weighted by atomic mass is 15.1. The summed E-state index contributed by atoms with van der Waals surface area (Å²) in [5.74, 6) is 0.763. The number of hydrogen-bond acceptors (Lipinski definition) is 2. The Morgan fingerprint density at radius 3 is 2.25 bits per heavy atom. The first-order valence-corrected chi connectivity index (χ1v) is 8.22. The zero-order valence-electron chi connectivity index (χ0n) is 13.4. The highest BCUT2D eigenvalue weighted by Gasteiger charge is 2.10. The van der Waals surface area contributed by atoms with Crippen LogP contribution in [-0.4, -0.2) is 19.1 Å². The van der Waals surface area contributed by atoms with Gasteiger partial charge in [0.15, 0.2) is 0 Å². The Bertz CT molecular complexity index is 377. The lowest BCUT2D eigenvalue weighted by molar-refractivity contribution is 0.441. The molecule has 0 aromatic heterocycles. The first-order chi connectivity index (χ1) is 9.65. The van der Waals surface area contributed by atoms with Gasteiger partial charge in [-0.05, 0) is 56.2 Å². The van der Waals surface area contributed by atoms with E-state index < -0.39 is 0 Å². The summed E-state index contributed by atoms with van der Waals surface area (Å²) < 4.78 is 0. The van der Waals surface area contributed by atoms with Crippen molar-refractivity contribution in [2.45, 2.75) is 59.0 Å². The maximum absolute atomic E-state index is 3.62. The molecule has 1 unspecified atom stereocenters. The van der Waals surface area contributed by atoms with E-state index in [4.69, 9.17) is 0 Å². The van der Waals surface area contributed by atoms with Crippen molar-refractivity contribution in [3.8, 4) is 0 Å². The van der Waals surface area contributed by atoms with Crippen LogP contribution in [0.25, 0.3) is 0 Å². The average molecular weight is 274 g/mol. The normalized spacial score (nSPS) is 17.5. The number of nitrogens with zero attached hydrogens (tertiary/aromatic N) is 1. The maximum Gasteiger partial charge on any atom is 0.0366 e. The van der Waals surface area contributed by atoms with Crippen LogP contribution >= 0.6 is 0 Å². The van der Waals surface area contributed by atoms with Crippen LogP contribution < -0.4 is 10.2 Å². The smallest absolute Gasteiger partial charge is 0.0366 e. The summed E-state index contributed by atoms with van der Waals surface area (Å²) in [7, 11) is 0. The summed E-state index contributed by atoms with van der Waals surface area (Å²) in [6.45, 7) is 10.3. The molecule has 112 valence electrons. The van der Waals surface area contributed by atoms with Gasteiger partial charge in [0.1, 0.15) is 0 Å².